The fourth-order valence-corrected chi connectivity index (χ4v) is 4.14. The highest BCUT2D eigenvalue weighted by atomic mass is 35.5. The van der Waals surface area contributed by atoms with E-state index in [1.807, 2.05) is 37.3 Å². The summed E-state index contributed by atoms with van der Waals surface area (Å²) in [4.78, 5) is 14.2. The Morgan fingerprint density at radius 2 is 1.75 bits per heavy atom. The number of methoxy groups -OCH3 is 1. The molecule has 0 aliphatic rings. The summed E-state index contributed by atoms with van der Waals surface area (Å²) in [5.41, 5.74) is 4.41. The highest BCUT2D eigenvalue weighted by Gasteiger charge is 2.11. The van der Waals surface area contributed by atoms with Crippen molar-refractivity contribution >= 4 is 51.9 Å². The van der Waals surface area contributed by atoms with Crippen molar-refractivity contribution in [3.63, 3.8) is 0 Å². The van der Waals surface area contributed by atoms with Crippen molar-refractivity contribution in [2.24, 2.45) is 0 Å². The average molecular weight is 519 g/mol. The summed E-state index contributed by atoms with van der Waals surface area (Å²) in [7, 11) is 1.62. The predicted octanol–water partition coefficient (Wildman–Crippen LogP) is 6.96. The molecule has 0 aliphatic carbocycles. The smallest absolute Gasteiger partial charge is 0.248 e. The van der Waals surface area contributed by atoms with Crippen molar-refractivity contribution in [2.75, 3.05) is 12.4 Å². The van der Waals surface area contributed by atoms with Crippen LogP contribution in [0.2, 0.25) is 10.0 Å². The standard InChI is InChI=1S/C27H20Cl2N4O3/c1-16-13-24-25(32-33(31-24)18-4-6-19(35-2)7-5-18)15-23(16)30-27(34)12-9-20-8-11-26(36-20)21-10-3-17(28)14-22(21)29/h3-15H,1-2H3,(H,30,34)/b12-9+. The Kier molecular flexibility index (Phi) is 6.50. The number of furan rings is 1. The first kappa shape index (κ1) is 23.7. The minimum atomic E-state index is -0.303. The summed E-state index contributed by atoms with van der Waals surface area (Å²) < 4.78 is 11.0. The molecule has 0 saturated heterocycles. The van der Waals surface area contributed by atoms with Crippen LogP contribution >= 0.6 is 23.2 Å². The number of carbonyl (C=O) groups is 1. The number of rotatable bonds is 6. The van der Waals surface area contributed by atoms with Gasteiger partial charge < -0.3 is 14.5 Å². The van der Waals surface area contributed by atoms with Gasteiger partial charge in [0, 0.05) is 22.3 Å². The van der Waals surface area contributed by atoms with Gasteiger partial charge in [-0.15, -0.1) is 10.2 Å². The number of nitrogens with zero attached hydrogens (tertiary/aromatic N) is 3. The van der Waals surface area contributed by atoms with Crippen LogP contribution in [0.4, 0.5) is 5.69 Å². The van der Waals surface area contributed by atoms with Gasteiger partial charge in [0.15, 0.2) is 0 Å². The number of carbonyl (C=O) groups excluding carboxylic acids is 1. The maximum absolute atomic E-state index is 12.6. The van der Waals surface area contributed by atoms with Crippen LogP contribution in [-0.2, 0) is 4.79 Å². The number of hydrogen-bond acceptors (Lipinski definition) is 5. The molecule has 0 bridgehead atoms. The third-order valence-corrected chi connectivity index (χ3v) is 6.06. The monoisotopic (exact) mass is 518 g/mol. The number of anilines is 1. The lowest BCUT2D eigenvalue weighted by molar-refractivity contribution is -0.111. The highest BCUT2D eigenvalue weighted by Crippen LogP contribution is 2.32. The van der Waals surface area contributed by atoms with E-state index < -0.39 is 0 Å². The van der Waals surface area contributed by atoms with E-state index in [4.69, 9.17) is 32.4 Å². The number of hydrogen-bond donors (Lipinski definition) is 1. The zero-order valence-corrected chi connectivity index (χ0v) is 20.8. The normalized spacial score (nSPS) is 11.3. The molecule has 0 saturated carbocycles. The first-order valence-electron chi connectivity index (χ1n) is 11.0. The lowest BCUT2D eigenvalue weighted by Crippen LogP contribution is -2.08. The van der Waals surface area contributed by atoms with E-state index in [0.29, 0.717) is 32.8 Å². The van der Waals surface area contributed by atoms with Crippen molar-refractivity contribution in [1.82, 2.24) is 15.0 Å². The van der Waals surface area contributed by atoms with E-state index in [1.54, 1.807) is 54.4 Å². The summed E-state index contributed by atoms with van der Waals surface area (Å²) in [6.07, 6.45) is 3.00. The van der Waals surface area contributed by atoms with Gasteiger partial charge in [0.05, 0.1) is 17.8 Å². The Hall–Kier alpha value is -4.07. The number of halogens is 2. The minimum Gasteiger partial charge on any atom is -0.497 e. The molecule has 5 aromatic rings. The van der Waals surface area contributed by atoms with Gasteiger partial charge in [-0.25, -0.2) is 0 Å². The summed E-state index contributed by atoms with van der Waals surface area (Å²) in [5, 5.41) is 13.0. The third kappa shape index (κ3) is 4.98. The average Bonchev–Trinajstić information content (AvgIpc) is 3.50. The molecule has 3 aromatic carbocycles. The van der Waals surface area contributed by atoms with Crippen LogP contribution < -0.4 is 10.1 Å². The van der Waals surface area contributed by atoms with Crippen LogP contribution in [0, 0.1) is 6.92 Å². The number of benzene rings is 3. The van der Waals surface area contributed by atoms with Crippen molar-refractivity contribution in [1.29, 1.82) is 0 Å². The second kappa shape index (κ2) is 9.89. The fraction of sp³-hybridized carbons (Fsp3) is 0.0741. The molecule has 0 aliphatic heterocycles. The second-order valence-corrected chi connectivity index (χ2v) is 8.84. The summed E-state index contributed by atoms with van der Waals surface area (Å²) in [5.74, 6) is 1.55. The third-order valence-electron chi connectivity index (χ3n) is 5.51. The molecule has 0 radical (unpaired) electrons. The fourth-order valence-electron chi connectivity index (χ4n) is 3.64. The topological polar surface area (TPSA) is 82.2 Å². The molecule has 1 N–H and O–H groups in total. The zero-order valence-electron chi connectivity index (χ0n) is 19.3. The quantitative estimate of drug-likeness (QED) is 0.246. The molecule has 0 atom stereocenters. The number of aromatic nitrogens is 3. The first-order chi connectivity index (χ1) is 17.4. The number of fused-ring (bicyclic) bond motifs is 1. The van der Waals surface area contributed by atoms with Gasteiger partial charge in [0.25, 0.3) is 0 Å². The molecular weight excluding hydrogens is 499 g/mol. The molecule has 0 spiro atoms. The van der Waals surface area contributed by atoms with Gasteiger partial charge in [-0.1, -0.05) is 23.2 Å². The van der Waals surface area contributed by atoms with Gasteiger partial charge in [-0.3, -0.25) is 4.79 Å². The summed E-state index contributed by atoms with van der Waals surface area (Å²) >= 11 is 12.2. The van der Waals surface area contributed by atoms with Crippen LogP contribution in [0.1, 0.15) is 11.3 Å². The SMILES string of the molecule is COc1ccc(-n2nc3cc(C)c(NC(=O)/C=C/c4ccc(-c5ccc(Cl)cc5Cl)o4)cc3n2)cc1. The molecule has 7 nitrogen and oxygen atoms in total. The molecule has 180 valence electrons. The second-order valence-electron chi connectivity index (χ2n) is 7.99. The van der Waals surface area contributed by atoms with E-state index in [9.17, 15) is 4.79 Å². The molecule has 0 fully saturated rings. The Morgan fingerprint density at radius 3 is 2.47 bits per heavy atom. The van der Waals surface area contributed by atoms with E-state index >= 15 is 0 Å². The number of nitrogens with one attached hydrogen (secondary N) is 1. The van der Waals surface area contributed by atoms with E-state index in [1.165, 1.54) is 6.08 Å². The first-order valence-corrected chi connectivity index (χ1v) is 11.7. The molecule has 0 unspecified atom stereocenters. The van der Waals surface area contributed by atoms with E-state index in [2.05, 4.69) is 15.5 Å². The number of aryl methyl sites for hydroxylation is 1. The number of amides is 1. The maximum atomic E-state index is 12.6. The highest BCUT2D eigenvalue weighted by molar-refractivity contribution is 6.36. The minimum absolute atomic E-state index is 0.303. The molecule has 2 heterocycles. The van der Waals surface area contributed by atoms with Crippen molar-refractivity contribution in [3.05, 3.63) is 94.2 Å². The molecule has 1 amide bonds. The number of ether oxygens (including phenoxy) is 1. The Labute approximate surface area is 216 Å². The van der Waals surface area contributed by atoms with Crippen LogP contribution in [-0.4, -0.2) is 28.0 Å². The van der Waals surface area contributed by atoms with Crippen molar-refractivity contribution in [2.45, 2.75) is 6.92 Å². The summed E-state index contributed by atoms with van der Waals surface area (Å²) in [6, 6.07) is 19.9. The lowest BCUT2D eigenvalue weighted by Gasteiger charge is -2.05. The van der Waals surface area contributed by atoms with Crippen molar-refractivity contribution in [3.8, 4) is 22.8 Å². The maximum Gasteiger partial charge on any atom is 0.248 e. The Bertz CT molecular complexity index is 1600. The molecular formula is C27H20Cl2N4O3. The van der Waals surface area contributed by atoms with Gasteiger partial charge in [0.2, 0.25) is 5.91 Å². The van der Waals surface area contributed by atoms with Gasteiger partial charge >= 0.3 is 0 Å². The molecule has 9 heteroatoms. The van der Waals surface area contributed by atoms with Gasteiger partial charge in [-0.05, 0) is 85.3 Å². The Balaban J connectivity index is 1.31. The van der Waals surface area contributed by atoms with Crippen LogP contribution in [0.5, 0.6) is 5.75 Å². The zero-order chi connectivity index (χ0) is 25.2. The van der Waals surface area contributed by atoms with Gasteiger partial charge in [0.1, 0.15) is 28.3 Å². The van der Waals surface area contributed by atoms with E-state index in [-0.39, 0.29) is 5.91 Å². The van der Waals surface area contributed by atoms with Crippen molar-refractivity contribution < 1.29 is 13.9 Å². The van der Waals surface area contributed by atoms with Crippen LogP contribution in [0.3, 0.4) is 0 Å². The van der Waals surface area contributed by atoms with Crippen LogP contribution in [0.25, 0.3) is 34.1 Å². The van der Waals surface area contributed by atoms with E-state index in [0.717, 1.165) is 28.1 Å². The summed E-state index contributed by atoms with van der Waals surface area (Å²) in [6.45, 7) is 1.90. The Morgan fingerprint density at radius 1 is 1.00 bits per heavy atom. The molecule has 5 rings (SSSR count). The van der Waals surface area contributed by atoms with Gasteiger partial charge in [-0.2, -0.15) is 4.80 Å². The molecule has 2 aromatic heterocycles. The molecule has 36 heavy (non-hydrogen) atoms. The lowest BCUT2D eigenvalue weighted by atomic mass is 10.1. The largest absolute Gasteiger partial charge is 0.497 e. The predicted molar refractivity (Wildman–Crippen MR) is 142 cm³/mol. The van der Waals surface area contributed by atoms with Crippen LogP contribution in [0.15, 0.2) is 77.2 Å².